The van der Waals surface area contributed by atoms with Gasteiger partial charge < -0.3 is 0 Å². The lowest BCUT2D eigenvalue weighted by Crippen LogP contribution is -1.98. The van der Waals surface area contributed by atoms with Crippen LogP contribution < -0.4 is 0 Å². The summed E-state index contributed by atoms with van der Waals surface area (Å²) >= 11 is 0. The fourth-order valence-electron chi connectivity index (χ4n) is 6.48. The van der Waals surface area contributed by atoms with Crippen molar-refractivity contribution < 1.29 is 0 Å². The van der Waals surface area contributed by atoms with Crippen molar-refractivity contribution in [3.63, 3.8) is 0 Å². The Balaban J connectivity index is 1.40. The van der Waals surface area contributed by atoms with Crippen LogP contribution in [0.4, 0.5) is 5.69 Å². The predicted molar refractivity (Wildman–Crippen MR) is 186 cm³/mol. The summed E-state index contributed by atoms with van der Waals surface area (Å²) in [4.78, 5) is 4.63. The summed E-state index contributed by atoms with van der Waals surface area (Å²) in [6, 6.07) is 52.5. The van der Waals surface area contributed by atoms with Crippen LogP contribution >= 0.6 is 0 Å². The molecule has 7 aromatic carbocycles. The van der Waals surface area contributed by atoms with Gasteiger partial charge in [-0.1, -0.05) is 146 Å². The molecule has 0 aliphatic heterocycles. The summed E-state index contributed by atoms with van der Waals surface area (Å²) in [6.45, 7) is 6.27. The van der Waals surface area contributed by atoms with E-state index in [2.05, 4.69) is 164 Å². The van der Waals surface area contributed by atoms with Crippen LogP contribution in [0, 0.1) is 0 Å². The van der Waals surface area contributed by atoms with Gasteiger partial charge >= 0.3 is 0 Å². The van der Waals surface area contributed by atoms with E-state index < -0.39 is 0 Å². The molecule has 0 bridgehead atoms. The lowest BCUT2D eigenvalue weighted by atomic mass is 9.86. The molecule has 0 saturated heterocycles. The van der Waals surface area contributed by atoms with Crippen LogP contribution in [0.25, 0.3) is 54.9 Å². The van der Waals surface area contributed by atoms with Gasteiger partial charge in [0.25, 0.3) is 0 Å². The molecule has 0 aromatic heterocycles. The van der Waals surface area contributed by atoms with Gasteiger partial charge in [0.1, 0.15) is 0 Å². The lowest BCUT2D eigenvalue weighted by Gasteiger charge is -2.19. The lowest BCUT2D eigenvalue weighted by molar-refractivity contribution is 1.14. The van der Waals surface area contributed by atoms with E-state index >= 15 is 0 Å². The van der Waals surface area contributed by atoms with E-state index in [4.69, 9.17) is 0 Å². The average Bonchev–Trinajstić information content (AvgIpc) is 3.09. The number of fused-ring (bicyclic) bond motifs is 3. The van der Waals surface area contributed by atoms with Crippen LogP contribution in [0.3, 0.4) is 0 Å². The zero-order chi connectivity index (χ0) is 29.2. The van der Waals surface area contributed by atoms with Crippen molar-refractivity contribution in [2.45, 2.75) is 19.8 Å². The molecule has 0 N–H and O–H groups in total. The Bertz CT molecular complexity index is 2090. The molecule has 0 amide bonds. The Hall–Kier alpha value is -5.27. The molecule has 0 spiro atoms. The zero-order valence-electron chi connectivity index (χ0n) is 24.4. The van der Waals surface area contributed by atoms with Gasteiger partial charge in [0.15, 0.2) is 0 Å². The van der Waals surface area contributed by atoms with Gasteiger partial charge in [-0.25, -0.2) is 0 Å². The second-order valence-electron chi connectivity index (χ2n) is 11.1. The Morgan fingerprint density at radius 3 is 1.70 bits per heavy atom. The number of aliphatic imine (C=N–C) groups is 1. The molecule has 1 heteroatoms. The van der Waals surface area contributed by atoms with Crippen molar-refractivity contribution in [2.24, 2.45) is 4.99 Å². The van der Waals surface area contributed by atoms with E-state index in [0.29, 0.717) is 0 Å². The van der Waals surface area contributed by atoms with E-state index in [9.17, 15) is 0 Å². The first-order valence-electron chi connectivity index (χ1n) is 15.0. The minimum Gasteiger partial charge on any atom is -0.264 e. The minimum absolute atomic E-state index is 0.764. The fraction of sp³-hybridized carbons (Fsp3) is 0.0714. The first-order valence-corrected chi connectivity index (χ1v) is 15.0. The number of benzene rings is 7. The number of hydrogen-bond donors (Lipinski definition) is 0. The Labute approximate surface area is 253 Å². The predicted octanol–water partition coefficient (Wildman–Crippen LogP) is 11.5. The highest BCUT2D eigenvalue weighted by atomic mass is 14.7. The van der Waals surface area contributed by atoms with E-state index in [1.54, 1.807) is 0 Å². The molecule has 43 heavy (non-hydrogen) atoms. The molecular weight excluding hydrogens is 518 g/mol. The van der Waals surface area contributed by atoms with Crippen molar-refractivity contribution >= 4 is 33.9 Å². The van der Waals surface area contributed by atoms with Gasteiger partial charge in [0.05, 0.1) is 5.69 Å². The normalized spacial score (nSPS) is 11.2. The summed E-state index contributed by atoms with van der Waals surface area (Å²) in [6.07, 6.45) is 1.74. The topological polar surface area (TPSA) is 12.4 Å². The van der Waals surface area contributed by atoms with Gasteiger partial charge in [-0.05, 0) is 85.4 Å². The molecule has 0 fully saturated rings. The summed E-state index contributed by atoms with van der Waals surface area (Å²) in [7, 11) is 0. The molecule has 0 heterocycles. The zero-order valence-corrected chi connectivity index (χ0v) is 24.4. The SMILES string of the molecule is C=Nc1c(Cc2ccc(-c3ccc(-c4ccccc4)cc3)cc2-c2ccccc2CC)c2ccccc2c2ccccc12. The molecule has 0 radical (unpaired) electrons. The standard InChI is InChI=1S/C42H33N/c1-3-29-13-7-8-16-35(29)40-27-33(32-23-21-31(22-24-32)30-14-5-4-6-15-30)25-26-34(40)28-41-38-19-10-9-17-36(38)37-18-11-12-20-39(37)42(41)43-2/h4-27H,2-3,28H2,1H3. The highest BCUT2D eigenvalue weighted by Gasteiger charge is 2.17. The Kier molecular flexibility index (Phi) is 7.15. The van der Waals surface area contributed by atoms with E-state index in [1.165, 1.54) is 66.2 Å². The molecule has 0 aliphatic rings. The van der Waals surface area contributed by atoms with Gasteiger partial charge in [-0.2, -0.15) is 0 Å². The van der Waals surface area contributed by atoms with Crippen LogP contribution in [0.1, 0.15) is 23.6 Å². The van der Waals surface area contributed by atoms with E-state index in [1.807, 2.05) is 0 Å². The molecule has 1 nitrogen and oxygen atoms in total. The van der Waals surface area contributed by atoms with Crippen LogP contribution in [0.2, 0.25) is 0 Å². The van der Waals surface area contributed by atoms with Crippen LogP contribution in [0.5, 0.6) is 0 Å². The molecule has 7 rings (SSSR count). The third-order valence-electron chi connectivity index (χ3n) is 8.66. The summed E-state index contributed by atoms with van der Waals surface area (Å²) in [5.41, 5.74) is 12.3. The maximum Gasteiger partial charge on any atom is 0.0742 e. The Morgan fingerprint density at radius 1 is 0.465 bits per heavy atom. The minimum atomic E-state index is 0.764. The third-order valence-corrected chi connectivity index (χ3v) is 8.66. The van der Waals surface area contributed by atoms with Crippen LogP contribution in [-0.2, 0) is 12.8 Å². The smallest absolute Gasteiger partial charge is 0.0742 e. The second-order valence-corrected chi connectivity index (χ2v) is 11.1. The second kappa shape index (κ2) is 11.5. The number of nitrogens with zero attached hydrogens (tertiary/aromatic N) is 1. The van der Waals surface area contributed by atoms with E-state index in [0.717, 1.165) is 23.9 Å². The third kappa shape index (κ3) is 4.94. The summed E-state index contributed by atoms with van der Waals surface area (Å²) in [5, 5.41) is 4.86. The largest absolute Gasteiger partial charge is 0.264 e. The molecule has 0 unspecified atom stereocenters. The fourth-order valence-corrected chi connectivity index (χ4v) is 6.48. The maximum absolute atomic E-state index is 4.63. The number of rotatable bonds is 7. The van der Waals surface area contributed by atoms with Gasteiger partial charge in [-0.3, -0.25) is 4.99 Å². The molecule has 0 atom stereocenters. The maximum atomic E-state index is 4.63. The molecule has 7 aromatic rings. The van der Waals surface area contributed by atoms with Gasteiger partial charge in [-0.15, -0.1) is 0 Å². The van der Waals surface area contributed by atoms with Gasteiger partial charge in [0, 0.05) is 11.8 Å². The van der Waals surface area contributed by atoms with Crippen LogP contribution in [0.15, 0.2) is 151 Å². The number of aryl methyl sites for hydroxylation is 1. The quantitative estimate of drug-likeness (QED) is 0.138. The Morgan fingerprint density at radius 2 is 1.00 bits per heavy atom. The highest BCUT2D eigenvalue weighted by Crippen LogP contribution is 2.41. The summed E-state index contributed by atoms with van der Waals surface area (Å²) < 4.78 is 0. The van der Waals surface area contributed by atoms with Crippen molar-refractivity contribution in [3.05, 3.63) is 162 Å². The highest BCUT2D eigenvalue weighted by molar-refractivity contribution is 6.14. The van der Waals surface area contributed by atoms with Crippen LogP contribution in [-0.4, -0.2) is 6.72 Å². The first-order chi connectivity index (χ1) is 21.2. The first kappa shape index (κ1) is 26.6. The molecule has 206 valence electrons. The average molecular weight is 552 g/mol. The van der Waals surface area contributed by atoms with Crippen molar-refractivity contribution in [1.29, 1.82) is 0 Å². The monoisotopic (exact) mass is 551 g/mol. The van der Waals surface area contributed by atoms with Gasteiger partial charge in [0.2, 0.25) is 0 Å². The number of hydrogen-bond acceptors (Lipinski definition) is 1. The van der Waals surface area contributed by atoms with Crippen molar-refractivity contribution in [1.82, 2.24) is 0 Å². The molecular formula is C42H33N. The molecule has 0 saturated carbocycles. The van der Waals surface area contributed by atoms with Crippen molar-refractivity contribution in [2.75, 3.05) is 0 Å². The molecule has 0 aliphatic carbocycles. The van der Waals surface area contributed by atoms with E-state index in [-0.39, 0.29) is 0 Å². The summed E-state index contributed by atoms with van der Waals surface area (Å²) in [5.74, 6) is 0. The van der Waals surface area contributed by atoms with Crippen molar-refractivity contribution in [3.8, 4) is 33.4 Å².